The summed E-state index contributed by atoms with van der Waals surface area (Å²) in [6, 6.07) is 5.22. The van der Waals surface area contributed by atoms with E-state index in [4.69, 9.17) is 22.7 Å². The van der Waals surface area contributed by atoms with Crippen molar-refractivity contribution in [2.75, 3.05) is 26.2 Å². The number of nitrogens with zero attached hydrogens (tertiary/aromatic N) is 3. The Morgan fingerprint density at radius 1 is 1.26 bits per heavy atom. The number of amides is 1. The van der Waals surface area contributed by atoms with Crippen LogP contribution in [0.2, 0.25) is 5.02 Å². The quantitative estimate of drug-likeness (QED) is 0.615. The zero-order valence-corrected chi connectivity index (χ0v) is 13.9. The van der Waals surface area contributed by atoms with E-state index in [1.165, 1.54) is 4.57 Å². The number of hydrogen-bond acceptors (Lipinski definition) is 4. The molecule has 0 atom stereocenters. The van der Waals surface area contributed by atoms with E-state index in [2.05, 4.69) is 0 Å². The lowest BCUT2D eigenvalue weighted by molar-refractivity contribution is -0.133. The van der Waals surface area contributed by atoms with Gasteiger partial charge in [-0.1, -0.05) is 22.9 Å². The molecule has 1 aliphatic heterocycles. The second-order valence-electron chi connectivity index (χ2n) is 5.32. The fourth-order valence-corrected chi connectivity index (χ4v) is 3.65. The van der Waals surface area contributed by atoms with E-state index in [1.54, 1.807) is 28.0 Å². The summed E-state index contributed by atoms with van der Waals surface area (Å²) >= 11 is 7.09. The van der Waals surface area contributed by atoms with Gasteiger partial charge in [0, 0.05) is 31.2 Å². The minimum Gasteiger partial charge on any atom is -0.370 e. The van der Waals surface area contributed by atoms with Crippen LogP contribution in [0.4, 0.5) is 0 Å². The number of piperazine rings is 1. The molecular formula is C14H16ClN5O2S. The van der Waals surface area contributed by atoms with E-state index in [9.17, 15) is 9.59 Å². The van der Waals surface area contributed by atoms with Crippen molar-refractivity contribution in [3.63, 3.8) is 0 Å². The first-order valence-corrected chi connectivity index (χ1v) is 8.31. The van der Waals surface area contributed by atoms with Crippen LogP contribution in [-0.2, 0) is 11.3 Å². The first-order valence-electron chi connectivity index (χ1n) is 7.11. The lowest BCUT2D eigenvalue weighted by Gasteiger charge is -2.34. The number of halogens is 1. The molecule has 1 aromatic carbocycles. The molecule has 1 aromatic heterocycles. The zero-order chi connectivity index (χ0) is 16.6. The van der Waals surface area contributed by atoms with Crippen LogP contribution in [0.15, 0.2) is 23.0 Å². The molecule has 0 aliphatic carbocycles. The van der Waals surface area contributed by atoms with Crippen LogP contribution in [-0.4, -0.2) is 52.4 Å². The van der Waals surface area contributed by atoms with Gasteiger partial charge in [-0.2, -0.15) is 0 Å². The molecule has 2 aromatic rings. The minimum atomic E-state index is -0.169. The fourth-order valence-electron chi connectivity index (χ4n) is 2.62. The summed E-state index contributed by atoms with van der Waals surface area (Å²) < 4.78 is 2.28. The Labute approximate surface area is 141 Å². The van der Waals surface area contributed by atoms with Gasteiger partial charge in [-0.05, 0) is 18.2 Å². The zero-order valence-electron chi connectivity index (χ0n) is 12.3. The maximum absolute atomic E-state index is 12.5. The maximum atomic E-state index is 12.5. The first kappa shape index (κ1) is 15.8. The van der Waals surface area contributed by atoms with E-state index < -0.39 is 0 Å². The van der Waals surface area contributed by atoms with Crippen LogP contribution >= 0.6 is 22.9 Å². The van der Waals surface area contributed by atoms with Crippen molar-refractivity contribution in [2.24, 2.45) is 5.73 Å². The van der Waals surface area contributed by atoms with Crippen molar-refractivity contribution in [2.45, 2.75) is 6.54 Å². The molecule has 0 saturated carbocycles. The number of carbonyl (C=O) groups excluding carboxylic acids is 1. The van der Waals surface area contributed by atoms with Crippen molar-refractivity contribution in [3.8, 4) is 0 Å². The molecule has 23 heavy (non-hydrogen) atoms. The van der Waals surface area contributed by atoms with Gasteiger partial charge >= 0.3 is 4.87 Å². The van der Waals surface area contributed by atoms with Crippen molar-refractivity contribution >= 4 is 45.0 Å². The van der Waals surface area contributed by atoms with Crippen LogP contribution < -0.4 is 10.6 Å². The molecule has 0 radical (unpaired) electrons. The van der Waals surface area contributed by atoms with E-state index in [0.717, 1.165) is 16.0 Å². The molecule has 0 bridgehead atoms. The third-order valence-electron chi connectivity index (χ3n) is 3.90. The van der Waals surface area contributed by atoms with Crippen molar-refractivity contribution in [3.05, 3.63) is 32.9 Å². The van der Waals surface area contributed by atoms with E-state index >= 15 is 0 Å². The number of benzene rings is 1. The van der Waals surface area contributed by atoms with E-state index in [-0.39, 0.29) is 23.3 Å². The average Bonchev–Trinajstić information content (AvgIpc) is 2.83. The van der Waals surface area contributed by atoms with Gasteiger partial charge in [0.25, 0.3) is 0 Å². The molecular weight excluding hydrogens is 338 g/mol. The molecule has 3 rings (SSSR count). The molecule has 9 heteroatoms. The van der Waals surface area contributed by atoms with E-state index in [1.807, 2.05) is 0 Å². The fraction of sp³-hybridized carbons (Fsp3) is 0.357. The van der Waals surface area contributed by atoms with Gasteiger partial charge in [-0.25, -0.2) is 0 Å². The van der Waals surface area contributed by atoms with Crippen LogP contribution in [0.3, 0.4) is 0 Å². The van der Waals surface area contributed by atoms with E-state index in [0.29, 0.717) is 36.7 Å². The monoisotopic (exact) mass is 353 g/mol. The topological polar surface area (TPSA) is 95.4 Å². The average molecular weight is 354 g/mol. The number of rotatable bonds is 2. The summed E-state index contributed by atoms with van der Waals surface area (Å²) in [5.41, 5.74) is 6.13. The number of fused-ring (bicyclic) bond motifs is 1. The third kappa shape index (κ3) is 3.18. The Morgan fingerprint density at radius 2 is 1.91 bits per heavy atom. The van der Waals surface area contributed by atoms with Gasteiger partial charge in [0.2, 0.25) is 5.91 Å². The highest BCUT2D eigenvalue weighted by Crippen LogP contribution is 2.21. The summed E-state index contributed by atoms with van der Waals surface area (Å²) in [7, 11) is 0. The first-order chi connectivity index (χ1) is 11.0. The summed E-state index contributed by atoms with van der Waals surface area (Å²) in [5, 5.41) is 7.94. The molecule has 1 aliphatic rings. The van der Waals surface area contributed by atoms with Gasteiger partial charge in [-0.3, -0.25) is 19.6 Å². The summed E-state index contributed by atoms with van der Waals surface area (Å²) in [4.78, 5) is 27.8. The maximum Gasteiger partial charge on any atom is 0.308 e. The summed E-state index contributed by atoms with van der Waals surface area (Å²) in [6.45, 7) is 2.06. The highest BCUT2D eigenvalue weighted by atomic mass is 35.5. The lowest BCUT2D eigenvalue weighted by Crippen LogP contribution is -2.53. The van der Waals surface area contributed by atoms with Crippen LogP contribution in [0.25, 0.3) is 10.2 Å². The Hall–Kier alpha value is -2.06. The number of aromatic nitrogens is 1. The minimum absolute atomic E-state index is 0.000747. The predicted octanol–water partition coefficient (Wildman–Crippen LogP) is 0.754. The molecule has 1 amide bonds. The van der Waals surface area contributed by atoms with Crippen molar-refractivity contribution < 1.29 is 4.79 Å². The number of nitrogens with one attached hydrogen (secondary N) is 1. The van der Waals surface area contributed by atoms with Gasteiger partial charge in [-0.15, -0.1) is 0 Å². The molecule has 2 heterocycles. The highest BCUT2D eigenvalue weighted by Gasteiger charge is 2.23. The molecule has 1 saturated heterocycles. The van der Waals surface area contributed by atoms with Gasteiger partial charge < -0.3 is 15.5 Å². The van der Waals surface area contributed by atoms with Crippen LogP contribution in [0.1, 0.15) is 0 Å². The summed E-state index contributed by atoms with van der Waals surface area (Å²) in [6.07, 6.45) is 0. The Morgan fingerprint density at radius 3 is 2.57 bits per heavy atom. The standard InChI is InChI=1S/C14H16ClN5O2S/c15-9-1-2-11-10(7-9)20(14(22)23-11)8-12(21)18-3-5-19(6-4-18)13(16)17/h1-2,7H,3-6,8H2,(H3,16,17). The molecule has 1 fully saturated rings. The van der Waals surface area contributed by atoms with Gasteiger partial charge in [0.05, 0.1) is 10.2 Å². The van der Waals surface area contributed by atoms with Crippen molar-refractivity contribution in [1.82, 2.24) is 14.4 Å². The van der Waals surface area contributed by atoms with Crippen LogP contribution in [0, 0.1) is 5.41 Å². The normalized spacial score (nSPS) is 15.2. The second-order valence-corrected chi connectivity index (χ2v) is 6.75. The van der Waals surface area contributed by atoms with Crippen molar-refractivity contribution in [1.29, 1.82) is 5.41 Å². The highest BCUT2D eigenvalue weighted by molar-refractivity contribution is 7.16. The van der Waals surface area contributed by atoms with Crippen LogP contribution in [0.5, 0.6) is 0 Å². The number of carbonyl (C=O) groups is 1. The molecule has 7 nitrogen and oxygen atoms in total. The third-order valence-corrected chi connectivity index (χ3v) is 5.09. The number of thiazole rings is 1. The lowest BCUT2D eigenvalue weighted by atomic mass is 10.3. The summed E-state index contributed by atoms with van der Waals surface area (Å²) in [5.74, 6) is -0.0956. The Kier molecular flexibility index (Phi) is 4.27. The predicted molar refractivity (Wildman–Crippen MR) is 91.2 cm³/mol. The Balaban J connectivity index is 1.76. The molecule has 3 N–H and O–H groups in total. The molecule has 0 unspecified atom stereocenters. The second kappa shape index (κ2) is 6.21. The molecule has 122 valence electrons. The largest absolute Gasteiger partial charge is 0.370 e. The molecule has 0 spiro atoms. The van der Waals surface area contributed by atoms with Gasteiger partial charge in [0.15, 0.2) is 5.96 Å². The smallest absolute Gasteiger partial charge is 0.308 e. The Bertz CT molecular complexity index is 822. The number of hydrogen-bond donors (Lipinski definition) is 2. The number of guanidine groups is 1. The SMILES string of the molecule is N=C(N)N1CCN(C(=O)Cn2c(=O)sc3ccc(Cl)cc32)CC1. The van der Waals surface area contributed by atoms with Gasteiger partial charge in [0.1, 0.15) is 6.54 Å². The number of nitrogens with two attached hydrogens (primary N) is 1.